The largest absolute Gasteiger partial charge is 0.494 e. The number of ether oxygens (including phenoxy) is 2. The summed E-state index contributed by atoms with van der Waals surface area (Å²) in [7, 11) is 0. The first-order valence-electron chi connectivity index (χ1n) is 14.9. The van der Waals surface area contributed by atoms with E-state index in [0.717, 1.165) is 50.5 Å². The minimum atomic E-state index is 0. The molecule has 6 heteroatoms. The maximum atomic E-state index is 6.48. The molecule has 0 aliphatic rings. The lowest BCUT2D eigenvalue weighted by Gasteiger charge is -2.32. The molecular formula is C35H52Cl2N2O2. The molecule has 3 aromatic carbocycles. The highest BCUT2D eigenvalue weighted by molar-refractivity contribution is 5.85. The van der Waals surface area contributed by atoms with Gasteiger partial charge in [-0.15, -0.1) is 24.8 Å². The first-order chi connectivity index (χ1) is 19.0. The zero-order valence-corrected chi connectivity index (χ0v) is 27.1. The average Bonchev–Trinajstić information content (AvgIpc) is 2.94. The van der Waals surface area contributed by atoms with Crippen LogP contribution in [0.5, 0.6) is 11.5 Å². The van der Waals surface area contributed by atoms with Crippen LogP contribution in [-0.2, 0) is 6.61 Å². The van der Waals surface area contributed by atoms with Gasteiger partial charge in [0.15, 0.2) is 0 Å². The number of rotatable bonds is 18. The van der Waals surface area contributed by atoms with Gasteiger partial charge in [-0.1, -0.05) is 79.9 Å². The van der Waals surface area contributed by atoms with Gasteiger partial charge >= 0.3 is 0 Å². The Morgan fingerprint density at radius 1 is 0.707 bits per heavy atom. The quantitative estimate of drug-likeness (QED) is 0.147. The summed E-state index contributed by atoms with van der Waals surface area (Å²) in [5, 5.41) is 0. The van der Waals surface area contributed by atoms with E-state index in [0.29, 0.717) is 18.7 Å². The molecule has 0 aliphatic heterocycles. The Bertz CT molecular complexity index is 1060. The van der Waals surface area contributed by atoms with Crippen LogP contribution in [0.3, 0.4) is 0 Å². The summed E-state index contributed by atoms with van der Waals surface area (Å²) in [6, 6.07) is 28.6. The third-order valence-corrected chi connectivity index (χ3v) is 7.42. The number of halogens is 2. The van der Waals surface area contributed by atoms with Gasteiger partial charge in [-0.05, 0) is 89.4 Å². The van der Waals surface area contributed by atoms with Crippen LogP contribution in [0.1, 0.15) is 88.8 Å². The molecule has 0 aliphatic carbocycles. The van der Waals surface area contributed by atoms with Gasteiger partial charge in [0.2, 0.25) is 0 Å². The van der Waals surface area contributed by atoms with Crippen molar-refractivity contribution >= 4 is 24.8 Å². The molecule has 0 fully saturated rings. The summed E-state index contributed by atoms with van der Waals surface area (Å²) in [6.45, 7) is 12.2. The van der Waals surface area contributed by atoms with Gasteiger partial charge in [-0.3, -0.25) is 4.90 Å². The molecule has 4 nitrogen and oxygen atoms in total. The molecule has 0 unspecified atom stereocenters. The van der Waals surface area contributed by atoms with Gasteiger partial charge in [-0.25, -0.2) is 0 Å². The molecule has 41 heavy (non-hydrogen) atoms. The zero-order valence-electron chi connectivity index (χ0n) is 25.5. The first kappa shape index (κ1) is 36.8. The monoisotopic (exact) mass is 602 g/mol. The lowest BCUT2D eigenvalue weighted by Crippen LogP contribution is -2.38. The fourth-order valence-corrected chi connectivity index (χ4v) is 5.30. The second-order valence-corrected chi connectivity index (χ2v) is 11.1. The normalized spacial score (nSPS) is 11.7. The van der Waals surface area contributed by atoms with Gasteiger partial charge in [0, 0.05) is 23.6 Å². The van der Waals surface area contributed by atoms with Crippen LogP contribution in [0.25, 0.3) is 0 Å². The maximum absolute atomic E-state index is 6.48. The van der Waals surface area contributed by atoms with Gasteiger partial charge < -0.3 is 15.2 Å². The van der Waals surface area contributed by atoms with E-state index in [1.54, 1.807) is 0 Å². The van der Waals surface area contributed by atoms with Crippen molar-refractivity contribution in [1.82, 2.24) is 4.90 Å². The number of benzene rings is 3. The molecule has 0 amide bonds. The molecule has 228 valence electrons. The van der Waals surface area contributed by atoms with Gasteiger partial charge in [-0.2, -0.15) is 0 Å². The van der Waals surface area contributed by atoms with Crippen molar-refractivity contribution in [1.29, 1.82) is 0 Å². The summed E-state index contributed by atoms with van der Waals surface area (Å²) < 4.78 is 12.8. The number of nitrogens with zero attached hydrogens (tertiary/aromatic N) is 1. The predicted octanol–water partition coefficient (Wildman–Crippen LogP) is 9.04. The van der Waals surface area contributed by atoms with E-state index in [9.17, 15) is 0 Å². The fourth-order valence-electron chi connectivity index (χ4n) is 5.30. The number of unbranched alkanes of at least 4 members (excludes halogenated alkanes) is 4. The summed E-state index contributed by atoms with van der Waals surface area (Å²) in [5.74, 6) is 2.06. The Kier molecular flexibility index (Phi) is 18.5. The molecule has 0 saturated heterocycles. The van der Waals surface area contributed by atoms with Crippen LogP contribution < -0.4 is 15.2 Å². The van der Waals surface area contributed by atoms with Crippen LogP contribution in [0.15, 0.2) is 78.9 Å². The van der Waals surface area contributed by atoms with Crippen LogP contribution in [-0.4, -0.2) is 36.7 Å². The van der Waals surface area contributed by atoms with Crippen molar-refractivity contribution in [3.8, 4) is 11.5 Å². The zero-order chi connectivity index (χ0) is 27.9. The minimum Gasteiger partial charge on any atom is -0.494 e. The lowest BCUT2D eigenvalue weighted by atomic mass is 9.87. The van der Waals surface area contributed by atoms with Crippen molar-refractivity contribution in [2.45, 2.75) is 90.8 Å². The number of nitrogens with two attached hydrogens (primary N) is 1. The third-order valence-electron chi connectivity index (χ3n) is 7.42. The third kappa shape index (κ3) is 12.7. The Hall–Kier alpha value is -2.24. The van der Waals surface area contributed by atoms with Crippen molar-refractivity contribution in [2.75, 3.05) is 19.7 Å². The highest BCUT2D eigenvalue weighted by Gasteiger charge is 2.23. The van der Waals surface area contributed by atoms with E-state index >= 15 is 0 Å². The molecule has 0 heterocycles. The standard InChI is InChI=1S/C35H50N2O2.2ClH/c1-28(2)37(29(3)4)24-22-33(31-18-12-9-13-19-31)34-26-32(38-25-15-7-5-6-14-23-36)20-21-35(34)39-27-30-16-10-8-11-17-30;;/h8-13,16-21,26,28-29,33H,5-7,14-15,22-25,27,36H2,1-4H3;2*1H/t33-;;/m1../s1. The van der Waals surface area contributed by atoms with Crippen molar-refractivity contribution in [2.24, 2.45) is 5.73 Å². The highest BCUT2D eigenvalue weighted by atomic mass is 35.5. The molecule has 2 N–H and O–H groups in total. The van der Waals surface area contributed by atoms with Crippen molar-refractivity contribution in [3.63, 3.8) is 0 Å². The smallest absolute Gasteiger partial charge is 0.123 e. The van der Waals surface area contributed by atoms with E-state index in [2.05, 4.69) is 105 Å². The van der Waals surface area contributed by atoms with E-state index in [1.165, 1.54) is 36.0 Å². The van der Waals surface area contributed by atoms with Crippen molar-refractivity contribution in [3.05, 3.63) is 95.6 Å². The molecule has 0 saturated carbocycles. The van der Waals surface area contributed by atoms with E-state index in [1.807, 2.05) is 6.07 Å². The Morgan fingerprint density at radius 2 is 1.32 bits per heavy atom. The van der Waals surface area contributed by atoms with Crippen molar-refractivity contribution < 1.29 is 9.47 Å². The topological polar surface area (TPSA) is 47.7 Å². The average molecular weight is 604 g/mol. The Balaban J connectivity index is 0.00000420. The highest BCUT2D eigenvalue weighted by Crippen LogP contribution is 2.38. The molecule has 0 bridgehead atoms. The van der Waals surface area contributed by atoms with Gasteiger partial charge in [0.25, 0.3) is 0 Å². The van der Waals surface area contributed by atoms with E-state index in [4.69, 9.17) is 15.2 Å². The molecule has 3 aromatic rings. The lowest BCUT2D eigenvalue weighted by molar-refractivity contribution is 0.170. The second kappa shape index (κ2) is 20.6. The summed E-state index contributed by atoms with van der Waals surface area (Å²) >= 11 is 0. The van der Waals surface area contributed by atoms with E-state index < -0.39 is 0 Å². The molecule has 0 spiro atoms. The SMILES string of the molecule is CC(C)N(CC[C@H](c1ccccc1)c1cc(OCCCCCCCN)ccc1OCc1ccccc1)C(C)C.Cl.Cl. The van der Waals surface area contributed by atoms with Crippen LogP contribution >= 0.6 is 24.8 Å². The first-order valence-corrected chi connectivity index (χ1v) is 14.9. The van der Waals surface area contributed by atoms with Crippen LogP contribution in [0.4, 0.5) is 0 Å². The molecule has 0 aromatic heterocycles. The van der Waals surface area contributed by atoms with E-state index in [-0.39, 0.29) is 30.7 Å². The molecular weight excluding hydrogens is 551 g/mol. The predicted molar refractivity (Wildman–Crippen MR) is 179 cm³/mol. The maximum Gasteiger partial charge on any atom is 0.123 e. The molecule has 3 rings (SSSR count). The van der Waals surface area contributed by atoms with Gasteiger partial charge in [0.1, 0.15) is 18.1 Å². The van der Waals surface area contributed by atoms with Crippen LogP contribution in [0, 0.1) is 0 Å². The minimum absolute atomic E-state index is 0. The fraction of sp³-hybridized carbons (Fsp3) is 0.486. The number of hydrogen-bond donors (Lipinski definition) is 1. The van der Waals surface area contributed by atoms with Gasteiger partial charge in [0.05, 0.1) is 6.61 Å². The molecule has 0 radical (unpaired) electrons. The van der Waals surface area contributed by atoms with Crippen LogP contribution in [0.2, 0.25) is 0 Å². The summed E-state index contributed by atoms with van der Waals surface area (Å²) in [6.07, 6.45) is 6.78. The summed E-state index contributed by atoms with van der Waals surface area (Å²) in [4.78, 5) is 2.57. The molecule has 1 atom stereocenters. The number of hydrogen-bond acceptors (Lipinski definition) is 4. The Labute approximate surface area is 261 Å². The summed E-state index contributed by atoms with van der Waals surface area (Å²) in [5.41, 5.74) is 9.30. The Morgan fingerprint density at radius 3 is 1.95 bits per heavy atom. The second-order valence-electron chi connectivity index (χ2n) is 11.1.